The Hall–Kier alpha value is -3.22. The molecule has 166 valence electrons. The largest absolute Gasteiger partial charge is 0.388 e. The quantitative estimate of drug-likeness (QED) is 0.572. The van der Waals surface area contributed by atoms with Gasteiger partial charge in [-0.2, -0.15) is 4.98 Å². The van der Waals surface area contributed by atoms with Crippen LogP contribution in [0.2, 0.25) is 0 Å². The SMILES string of the molecule is C#Cc1cc2cnc(Nc3ccc(CS(C)(=O)=O)cc3)nc2n([C@@H]2CCC[C@@]2(C)O)c1=O. The number of benzene rings is 1. The van der Waals surface area contributed by atoms with Crippen LogP contribution in [0.3, 0.4) is 0 Å². The molecule has 0 spiro atoms. The summed E-state index contributed by atoms with van der Waals surface area (Å²) in [7, 11) is -3.12. The Balaban J connectivity index is 1.75. The summed E-state index contributed by atoms with van der Waals surface area (Å²) in [6.07, 6.45) is 10.3. The Kier molecular flexibility index (Phi) is 5.53. The molecule has 2 atom stereocenters. The minimum atomic E-state index is -3.12. The summed E-state index contributed by atoms with van der Waals surface area (Å²) in [6.45, 7) is 1.73. The van der Waals surface area contributed by atoms with E-state index in [1.54, 1.807) is 43.5 Å². The maximum atomic E-state index is 13.1. The van der Waals surface area contributed by atoms with Crippen LogP contribution in [0.25, 0.3) is 11.0 Å². The maximum Gasteiger partial charge on any atom is 0.268 e. The molecule has 2 heterocycles. The molecule has 4 rings (SSSR count). The van der Waals surface area contributed by atoms with Crippen molar-refractivity contribution in [2.75, 3.05) is 11.6 Å². The van der Waals surface area contributed by atoms with E-state index in [1.165, 1.54) is 10.8 Å². The molecule has 1 aliphatic rings. The van der Waals surface area contributed by atoms with E-state index in [0.29, 0.717) is 35.1 Å². The molecule has 9 heteroatoms. The minimum absolute atomic E-state index is 0.0368. The Morgan fingerprint density at radius 1 is 1.34 bits per heavy atom. The summed E-state index contributed by atoms with van der Waals surface area (Å²) >= 11 is 0. The fourth-order valence-corrected chi connectivity index (χ4v) is 5.03. The average molecular weight is 453 g/mol. The Morgan fingerprint density at radius 2 is 2.06 bits per heavy atom. The standard InChI is InChI=1S/C23H24N4O4S/c1-4-16-12-17-13-24-22(25-18-9-7-15(8-10-18)14-32(3,30)31)26-20(17)27(21(16)28)19-6-5-11-23(19,2)29/h1,7-10,12-13,19,29H,5-6,11,14H2,2-3H3,(H,24,25,26)/t19-,23-/m1/s1. The summed E-state index contributed by atoms with van der Waals surface area (Å²) in [6, 6.07) is 8.06. The molecule has 2 aromatic heterocycles. The third-order valence-electron chi connectivity index (χ3n) is 5.76. The van der Waals surface area contributed by atoms with Gasteiger partial charge in [0.15, 0.2) is 9.84 Å². The van der Waals surface area contributed by atoms with E-state index in [-0.39, 0.29) is 22.8 Å². The first-order valence-electron chi connectivity index (χ1n) is 10.2. The fourth-order valence-electron chi connectivity index (χ4n) is 4.23. The molecular weight excluding hydrogens is 428 g/mol. The van der Waals surface area contributed by atoms with Crippen molar-refractivity contribution in [3.8, 4) is 12.3 Å². The molecule has 8 nitrogen and oxygen atoms in total. The third-order valence-corrected chi connectivity index (χ3v) is 6.62. The van der Waals surface area contributed by atoms with E-state index < -0.39 is 21.5 Å². The van der Waals surface area contributed by atoms with Crippen molar-refractivity contribution >= 4 is 32.5 Å². The van der Waals surface area contributed by atoms with Gasteiger partial charge in [-0.15, -0.1) is 6.42 Å². The van der Waals surface area contributed by atoms with Gasteiger partial charge in [-0.05, 0) is 49.9 Å². The number of sulfone groups is 1. The van der Waals surface area contributed by atoms with Crippen LogP contribution >= 0.6 is 0 Å². The third kappa shape index (κ3) is 4.38. The molecule has 3 aromatic rings. The van der Waals surface area contributed by atoms with Crippen LogP contribution in [-0.2, 0) is 15.6 Å². The first-order chi connectivity index (χ1) is 15.1. The van der Waals surface area contributed by atoms with Gasteiger partial charge in [0.25, 0.3) is 5.56 Å². The second-order valence-corrected chi connectivity index (χ2v) is 10.6. The number of nitrogens with one attached hydrogen (secondary N) is 1. The molecule has 0 bridgehead atoms. The van der Waals surface area contributed by atoms with Crippen molar-refractivity contribution in [3.05, 3.63) is 58.0 Å². The van der Waals surface area contributed by atoms with E-state index in [2.05, 4.69) is 21.2 Å². The van der Waals surface area contributed by atoms with Crippen molar-refractivity contribution in [1.82, 2.24) is 14.5 Å². The van der Waals surface area contributed by atoms with Gasteiger partial charge in [0.05, 0.1) is 23.0 Å². The van der Waals surface area contributed by atoms with Gasteiger partial charge in [-0.3, -0.25) is 9.36 Å². The zero-order valence-electron chi connectivity index (χ0n) is 17.9. The van der Waals surface area contributed by atoms with Crippen LogP contribution in [0.1, 0.15) is 43.4 Å². The molecule has 0 saturated heterocycles. The molecule has 0 aliphatic heterocycles. The fraction of sp³-hybridized carbons (Fsp3) is 0.348. The molecular formula is C23H24N4O4S. The van der Waals surface area contributed by atoms with Crippen LogP contribution in [0.15, 0.2) is 41.3 Å². The van der Waals surface area contributed by atoms with Crippen molar-refractivity contribution in [2.45, 2.75) is 43.6 Å². The van der Waals surface area contributed by atoms with E-state index in [1.807, 2.05) is 0 Å². The highest BCUT2D eigenvalue weighted by molar-refractivity contribution is 7.89. The number of hydrogen-bond acceptors (Lipinski definition) is 7. The second kappa shape index (κ2) is 8.04. The lowest BCUT2D eigenvalue weighted by Gasteiger charge is -2.28. The molecule has 0 unspecified atom stereocenters. The van der Waals surface area contributed by atoms with E-state index in [9.17, 15) is 18.3 Å². The molecule has 0 amide bonds. The van der Waals surface area contributed by atoms with Gasteiger partial charge < -0.3 is 10.4 Å². The number of rotatable bonds is 5. The number of aromatic nitrogens is 3. The van der Waals surface area contributed by atoms with Gasteiger partial charge in [0.2, 0.25) is 5.95 Å². The summed E-state index contributed by atoms with van der Waals surface area (Å²) in [5.41, 5.74) is 0.540. The summed E-state index contributed by atoms with van der Waals surface area (Å²) in [4.78, 5) is 22.0. The summed E-state index contributed by atoms with van der Waals surface area (Å²) in [5, 5.41) is 14.5. The highest BCUT2D eigenvalue weighted by atomic mass is 32.2. The lowest BCUT2D eigenvalue weighted by atomic mass is 9.99. The van der Waals surface area contributed by atoms with Crippen LogP contribution in [-0.4, -0.2) is 39.9 Å². The normalized spacial score (nSPS) is 20.9. The van der Waals surface area contributed by atoms with Crippen LogP contribution in [0, 0.1) is 12.3 Å². The minimum Gasteiger partial charge on any atom is -0.388 e. The summed E-state index contributed by atoms with van der Waals surface area (Å²) < 4.78 is 24.4. The van der Waals surface area contributed by atoms with E-state index in [0.717, 1.165) is 6.42 Å². The van der Waals surface area contributed by atoms with Crippen LogP contribution in [0.5, 0.6) is 0 Å². The van der Waals surface area contributed by atoms with Gasteiger partial charge in [0.1, 0.15) is 5.65 Å². The molecule has 1 aliphatic carbocycles. The van der Waals surface area contributed by atoms with Gasteiger partial charge in [0, 0.05) is 23.5 Å². The second-order valence-electron chi connectivity index (χ2n) is 8.51. The number of pyridine rings is 1. The van der Waals surface area contributed by atoms with E-state index >= 15 is 0 Å². The Labute approximate surface area is 186 Å². The van der Waals surface area contributed by atoms with E-state index in [4.69, 9.17) is 6.42 Å². The van der Waals surface area contributed by atoms with Gasteiger partial charge >= 0.3 is 0 Å². The lowest BCUT2D eigenvalue weighted by Crippen LogP contribution is -2.38. The van der Waals surface area contributed by atoms with Gasteiger partial charge in [-0.25, -0.2) is 13.4 Å². The van der Waals surface area contributed by atoms with Crippen molar-refractivity contribution in [3.63, 3.8) is 0 Å². The first kappa shape index (κ1) is 22.0. The summed E-state index contributed by atoms with van der Waals surface area (Å²) in [5.74, 6) is 2.66. The van der Waals surface area contributed by atoms with Crippen molar-refractivity contribution in [2.24, 2.45) is 0 Å². The van der Waals surface area contributed by atoms with Gasteiger partial charge in [-0.1, -0.05) is 18.1 Å². The Bertz CT molecular complexity index is 1390. The lowest BCUT2D eigenvalue weighted by molar-refractivity contribution is 0.0266. The zero-order valence-corrected chi connectivity index (χ0v) is 18.7. The van der Waals surface area contributed by atoms with Crippen LogP contribution < -0.4 is 10.9 Å². The average Bonchev–Trinajstić information content (AvgIpc) is 3.06. The Morgan fingerprint density at radius 3 is 2.66 bits per heavy atom. The number of nitrogens with zero attached hydrogens (tertiary/aromatic N) is 3. The number of aliphatic hydroxyl groups is 1. The molecule has 1 aromatic carbocycles. The maximum absolute atomic E-state index is 13.1. The monoisotopic (exact) mass is 452 g/mol. The predicted molar refractivity (Wildman–Crippen MR) is 124 cm³/mol. The highest BCUT2D eigenvalue weighted by Crippen LogP contribution is 2.39. The topological polar surface area (TPSA) is 114 Å². The highest BCUT2D eigenvalue weighted by Gasteiger charge is 2.39. The molecule has 2 N–H and O–H groups in total. The number of terminal acetylenes is 1. The first-order valence-corrected chi connectivity index (χ1v) is 12.3. The number of anilines is 2. The molecule has 1 saturated carbocycles. The van der Waals surface area contributed by atoms with Crippen molar-refractivity contribution < 1.29 is 13.5 Å². The zero-order chi connectivity index (χ0) is 23.1. The number of hydrogen-bond donors (Lipinski definition) is 2. The number of fused-ring (bicyclic) bond motifs is 1. The predicted octanol–water partition coefficient (Wildman–Crippen LogP) is 2.54. The van der Waals surface area contributed by atoms with Crippen LogP contribution in [0.4, 0.5) is 11.6 Å². The molecule has 1 fully saturated rings. The molecule has 0 radical (unpaired) electrons. The smallest absolute Gasteiger partial charge is 0.268 e. The van der Waals surface area contributed by atoms with Crippen molar-refractivity contribution in [1.29, 1.82) is 0 Å². The molecule has 32 heavy (non-hydrogen) atoms.